The van der Waals surface area contributed by atoms with E-state index in [1.54, 1.807) is 67.1 Å². The van der Waals surface area contributed by atoms with Gasteiger partial charge in [-0.25, -0.2) is 4.85 Å². The van der Waals surface area contributed by atoms with Crippen LogP contribution in [0.15, 0.2) is 104 Å². The van der Waals surface area contributed by atoms with Gasteiger partial charge in [-0.1, -0.05) is 12.1 Å². The molecule has 0 saturated heterocycles. The number of fused-ring (bicyclic) bond motifs is 1. The zero-order valence-electron chi connectivity index (χ0n) is 18.5. The van der Waals surface area contributed by atoms with E-state index in [1.807, 2.05) is 36.4 Å². The summed E-state index contributed by atoms with van der Waals surface area (Å²) >= 11 is 0. The highest BCUT2D eigenvalue weighted by Gasteiger charge is 2.09. The molecule has 0 aliphatic carbocycles. The lowest BCUT2D eigenvalue weighted by Gasteiger charge is -2.11. The summed E-state index contributed by atoms with van der Waals surface area (Å²) in [5.74, 6) is 0.940. The molecule has 0 aliphatic rings. The summed E-state index contributed by atoms with van der Waals surface area (Å²) in [6, 6.07) is 25.1. The van der Waals surface area contributed by atoms with Crippen molar-refractivity contribution in [3.05, 3.63) is 121 Å². The summed E-state index contributed by atoms with van der Waals surface area (Å²) in [7, 11) is 0. The Kier molecular flexibility index (Phi) is 6.01. The molecule has 0 atom stereocenters. The molecule has 35 heavy (non-hydrogen) atoms. The maximum Gasteiger partial charge on any atom is 0.255 e. The lowest BCUT2D eigenvalue weighted by Crippen LogP contribution is -2.11. The van der Waals surface area contributed by atoms with Gasteiger partial charge in [0.15, 0.2) is 5.69 Å². The first-order valence-electron chi connectivity index (χ1n) is 10.8. The minimum atomic E-state index is -0.228. The number of hydrogen-bond donors (Lipinski definition) is 2. The van der Waals surface area contributed by atoms with Crippen molar-refractivity contribution in [2.75, 3.05) is 10.6 Å². The van der Waals surface area contributed by atoms with E-state index in [9.17, 15) is 4.79 Å². The summed E-state index contributed by atoms with van der Waals surface area (Å²) < 4.78 is 6.03. The molecule has 5 rings (SSSR count). The van der Waals surface area contributed by atoms with Gasteiger partial charge in [0, 0.05) is 46.6 Å². The second-order valence-electron chi connectivity index (χ2n) is 7.64. The van der Waals surface area contributed by atoms with Gasteiger partial charge in [0.25, 0.3) is 5.91 Å². The Morgan fingerprint density at radius 1 is 0.829 bits per heavy atom. The molecule has 2 aromatic heterocycles. The highest BCUT2D eigenvalue weighted by molar-refractivity contribution is 6.04. The van der Waals surface area contributed by atoms with Crippen LogP contribution in [0.4, 0.5) is 22.7 Å². The van der Waals surface area contributed by atoms with Gasteiger partial charge < -0.3 is 15.4 Å². The zero-order valence-corrected chi connectivity index (χ0v) is 18.5. The first-order chi connectivity index (χ1) is 17.2. The van der Waals surface area contributed by atoms with E-state index in [0.29, 0.717) is 28.4 Å². The first kappa shape index (κ1) is 21.6. The van der Waals surface area contributed by atoms with Crippen LogP contribution in [0.1, 0.15) is 10.4 Å². The maximum atomic E-state index is 12.8. The number of rotatable bonds is 6. The Hall–Kier alpha value is -5.22. The molecule has 0 unspecified atom stereocenters. The van der Waals surface area contributed by atoms with Gasteiger partial charge in [-0.2, -0.15) is 0 Å². The Bertz CT molecular complexity index is 1540. The van der Waals surface area contributed by atoms with Crippen LogP contribution in [-0.4, -0.2) is 15.9 Å². The third-order valence-electron chi connectivity index (χ3n) is 5.25. The molecule has 7 nitrogen and oxygen atoms in total. The number of aromatic nitrogens is 2. The fourth-order valence-electron chi connectivity index (χ4n) is 3.55. The Labute approximate surface area is 201 Å². The van der Waals surface area contributed by atoms with Crippen molar-refractivity contribution in [2.45, 2.75) is 0 Å². The quantitative estimate of drug-likeness (QED) is 0.269. The molecule has 0 saturated carbocycles. The van der Waals surface area contributed by atoms with E-state index in [-0.39, 0.29) is 5.91 Å². The monoisotopic (exact) mass is 457 g/mol. The molecule has 2 N–H and O–H groups in total. The number of nitrogens with zero attached hydrogens (tertiary/aromatic N) is 3. The number of anilines is 3. The van der Waals surface area contributed by atoms with Crippen LogP contribution in [0.25, 0.3) is 15.7 Å². The molecule has 5 aromatic rings. The average Bonchev–Trinajstić information content (AvgIpc) is 2.90. The molecule has 3 aromatic carbocycles. The van der Waals surface area contributed by atoms with Crippen LogP contribution in [-0.2, 0) is 0 Å². The van der Waals surface area contributed by atoms with Crippen LogP contribution in [0.5, 0.6) is 11.5 Å². The van der Waals surface area contributed by atoms with Crippen LogP contribution in [0.2, 0.25) is 0 Å². The number of benzene rings is 3. The van der Waals surface area contributed by atoms with Crippen molar-refractivity contribution in [3.8, 4) is 11.5 Å². The maximum absolute atomic E-state index is 12.8. The second kappa shape index (κ2) is 9.73. The number of carbonyl (C=O) groups excluding carboxylic acids is 1. The topological polar surface area (TPSA) is 80.5 Å². The van der Waals surface area contributed by atoms with E-state index < -0.39 is 0 Å². The Balaban J connectivity index is 1.28. The number of hydrogen-bond acceptors (Lipinski definition) is 5. The molecule has 0 bridgehead atoms. The smallest absolute Gasteiger partial charge is 0.255 e. The van der Waals surface area contributed by atoms with E-state index in [1.165, 1.54) is 0 Å². The molecule has 1 amide bonds. The molecule has 0 radical (unpaired) electrons. The van der Waals surface area contributed by atoms with Gasteiger partial charge in [-0.05, 0) is 72.8 Å². The molecule has 7 heteroatoms. The third-order valence-corrected chi connectivity index (χ3v) is 5.25. The summed E-state index contributed by atoms with van der Waals surface area (Å²) in [5.41, 5.74) is 4.19. The van der Waals surface area contributed by atoms with E-state index in [4.69, 9.17) is 11.3 Å². The van der Waals surface area contributed by atoms with Gasteiger partial charge in [-0.3, -0.25) is 14.8 Å². The average molecular weight is 457 g/mol. The predicted molar refractivity (Wildman–Crippen MR) is 136 cm³/mol. The predicted octanol–water partition coefficient (Wildman–Crippen LogP) is 6.97. The number of nitrogens with one attached hydrogen (secondary N) is 2. The van der Waals surface area contributed by atoms with Gasteiger partial charge in [-0.15, -0.1) is 0 Å². The van der Waals surface area contributed by atoms with Crippen molar-refractivity contribution in [1.29, 1.82) is 0 Å². The van der Waals surface area contributed by atoms with Crippen LogP contribution in [0.3, 0.4) is 0 Å². The molecular formula is C28H19N5O2. The summed E-state index contributed by atoms with van der Waals surface area (Å²) in [5, 5.41) is 6.95. The minimum absolute atomic E-state index is 0.228. The minimum Gasteiger partial charge on any atom is -0.457 e. The fourth-order valence-corrected chi connectivity index (χ4v) is 3.55. The molecule has 2 heterocycles. The largest absolute Gasteiger partial charge is 0.457 e. The standard InChI is InChI=1S/C28H19N5O2/c1-29-21-7-10-26-25(18-21)27(13-16-31-26)35-24-8-5-19(6-9-24)28(34)33-23-4-2-3-22(17-23)32-20-11-14-30-15-12-20/h2-18H,(H,30,32)(H,33,34). The third kappa shape index (κ3) is 5.07. The Morgan fingerprint density at radius 3 is 2.43 bits per heavy atom. The highest BCUT2D eigenvalue weighted by atomic mass is 16.5. The highest BCUT2D eigenvalue weighted by Crippen LogP contribution is 2.31. The van der Waals surface area contributed by atoms with Crippen molar-refractivity contribution in [3.63, 3.8) is 0 Å². The number of amides is 1. The zero-order chi connectivity index (χ0) is 24.0. The second-order valence-corrected chi connectivity index (χ2v) is 7.64. The van der Waals surface area contributed by atoms with Crippen molar-refractivity contribution >= 4 is 39.6 Å². The SMILES string of the molecule is [C-]#[N+]c1ccc2nccc(Oc3ccc(C(=O)Nc4cccc(Nc5ccncc5)c4)cc3)c2c1. The van der Waals surface area contributed by atoms with Crippen molar-refractivity contribution in [1.82, 2.24) is 9.97 Å². The van der Waals surface area contributed by atoms with Gasteiger partial charge in [0.05, 0.1) is 12.1 Å². The van der Waals surface area contributed by atoms with E-state index >= 15 is 0 Å². The van der Waals surface area contributed by atoms with Crippen molar-refractivity contribution in [2.24, 2.45) is 0 Å². The lowest BCUT2D eigenvalue weighted by atomic mass is 10.1. The normalized spacial score (nSPS) is 10.4. The fraction of sp³-hybridized carbons (Fsp3) is 0. The number of pyridine rings is 2. The van der Waals surface area contributed by atoms with Crippen LogP contribution in [0, 0.1) is 6.57 Å². The van der Waals surface area contributed by atoms with Gasteiger partial charge in [0.2, 0.25) is 0 Å². The molecular weight excluding hydrogens is 438 g/mol. The summed E-state index contributed by atoms with van der Waals surface area (Å²) in [6.45, 7) is 7.24. The summed E-state index contributed by atoms with van der Waals surface area (Å²) in [6.07, 6.45) is 5.08. The summed E-state index contributed by atoms with van der Waals surface area (Å²) in [4.78, 5) is 24.6. The van der Waals surface area contributed by atoms with Gasteiger partial charge in [0.1, 0.15) is 11.5 Å². The molecule has 0 aliphatic heterocycles. The number of carbonyl (C=O) groups is 1. The first-order valence-corrected chi connectivity index (χ1v) is 10.8. The molecule has 0 spiro atoms. The van der Waals surface area contributed by atoms with Crippen LogP contribution < -0.4 is 15.4 Å². The van der Waals surface area contributed by atoms with E-state index in [0.717, 1.165) is 22.3 Å². The van der Waals surface area contributed by atoms with Crippen LogP contribution >= 0.6 is 0 Å². The Morgan fingerprint density at radius 2 is 1.63 bits per heavy atom. The van der Waals surface area contributed by atoms with Gasteiger partial charge >= 0.3 is 0 Å². The molecule has 0 fully saturated rings. The van der Waals surface area contributed by atoms with E-state index in [2.05, 4.69) is 25.4 Å². The molecule has 168 valence electrons. The lowest BCUT2D eigenvalue weighted by molar-refractivity contribution is 0.102. The number of ether oxygens (including phenoxy) is 1. The van der Waals surface area contributed by atoms with Crippen molar-refractivity contribution < 1.29 is 9.53 Å².